The maximum absolute atomic E-state index is 13.3. The predicted molar refractivity (Wildman–Crippen MR) is 73.6 cm³/mol. The Bertz CT molecular complexity index is 661. The van der Waals surface area contributed by atoms with Gasteiger partial charge in [0.2, 0.25) is 0 Å². The van der Waals surface area contributed by atoms with E-state index < -0.39 is 11.8 Å². The number of hydrogen-bond donors (Lipinski definition) is 2. The number of ether oxygens (including phenoxy) is 1. The quantitative estimate of drug-likeness (QED) is 0.849. The predicted octanol–water partition coefficient (Wildman–Crippen LogP) is 3.34. The Morgan fingerprint density at radius 3 is 2.75 bits per heavy atom. The van der Waals surface area contributed by atoms with Crippen molar-refractivity contribution in [3.8, 4) is 5.75 Å². The minimum absolute atomic E-state index is 0.0113. The van der Waals surface area contributed by atoms with Gasteiger partial charge in [-0.1, -0.05) is 23.7 Å². The molecule has 0 saturated carbocycles. The molecule has 0 fully saturated rings. The van der Waals surface area contributed by atoms with Crippen LogP contribution in [0.3, 0.4) is 0 Å². The molecule has 0 aromatic heterocycles. The molecule has 104 valence electrons. The number of rotatable bonds is 4. The van der Waals surface area contributed by atoms with Crippen LogP contribution in [-0.2, 0) is 6.61 Å². The minimum Gasteiger partial charge on any atom is -0.486 e. The molecular formula is C14H11ClFNO3. The third-order valence-electron chi connectivity index (χ3n) is 2.64. The molecule has 0 radical (unpaired) electrons. The average Bonchev–Trinajstić information content (AvgIpc) is 2.40. The van der Waals surface area contributed by atoms with E-state index in [0.29, 0.717) is 5.56 Å². The molecule has 0 atom stereocenters. The number of benzene rings is 2. The van der Waals surface area contributed by atoms with E-state index in [9.17, 15) is 9.18 Å². The van der Waals surface area contributed by atoms with Gasteiger partial charge in [0.05, 0.1) is 10.7 Å². The summed E-state index contributed by atoms with van der Waals surface area (Å²) in [5.41, 5.74) is 6.38. The van der Waals surface area contributed by atoms with Crippen molar-refractivity contribution >= 4 is 23.3 Å². The smallest absolute Gasteiger partial charge is 0.339 e. The summed E-state index contributed by atoms with van der Waals surface area (Å²) in [6.45, 7) is -0.0113. The lowest BCUT2D eigenvalue weighted by Crippen LogP contribution is -2.06. The van der Waals surface area contributed by atoms with Gasteiger partial charge in [-0.15, -0.1) is 0 Å². The Labute approximate surface area is 119 Å². The zero-order valence-electron chi connectivity index (χ0n) is 10.3. The standard InChI is InChI=1S/C14H11ClFNO3/c15-10-5-4-8(6-11(10)16)7-20-13-9(14(18)19)2-1-3-12(13)17/h1-6H,7,17H2,(H,18,19). The van der Waals surface area contributed by atoms with Crippen molar-refractivity contribution in [3.63, 3.8) is 0 Å². The summed E-state index contributed by atoms with van der Waals surface area (Å²) < 4.78 is 18.7. The van der Waals surface area contributed by atoms with Crippen molar-refractivity contribution in [3.05, 3.63) is 58.4 Å². The van der Waals surface area contributed by atoms with E-state index in [0.717, 1.165) is 0 Å². The highest BCUT2D eigenvalue weighted by molar-refractivity contribution is 6.30. The second-order valence-electron chi connectivity index (χ2n) is 4.07. The van der Waals surface area contributed by atoms with Gasteiger partial charge in [0, 0.05) is 0 Å². The van der Waals surface area contributed by atoms with Gasteiger partial charge in [0.25, 0.3) is 0 Å². The zero-order valence-corrected chi connectivity index (χ0v) is 11.0. The van der Waals surface area contributed by atoms with E-state index in [1.54, 1.807) is 6.07 Å². The second-order valence-corrected chi connectivity index (χ2v) is 4.47. The Hall–Kier alpha value is -2.27. The molecule has 0 amide bonds. The lowest BCUT2D eigenvalue weighted by molar-refractivity contribution is 0.0692. The number of nitrogen functional groups attached to an aromatic ring is 1. The summed E-state index contributed by atoms with van der Waals surface area (Å²) in [5.74, 6) is -1.64. The molecule has 4 nitrogen and oxygen atoms in total. The summed E-state index contributed by atoms with van der Waals surface area (Å²) in [4.78, 5) is 11.1. The van der Waals surface area contributed by atoms with Gasteiger partial charge in [0.1, 0.15) is 18.0 Å². The molecule has 0 aliphatic rings. The van der Waals surface area contributed by atoms with Gasteiger partial charge in [0.15, 0.2) is 5.75 Å². The van der Waals surface area contributed by atoms with Crippen molar-refractivity contribution in [1.82, 2.24) is 0 Å². The highest BCUT2D eigenvalue weighted by Crippen LogP contribution is 2.27. The number of aromatic carboxylic acids is 1. The van der Waals surface area contributed by atoms with Crippen molar-refractivity contribution < 1.29 is 19.0 Å². The fourth-order valence-electron chi connectivity index (χ4n) is 1.67. The van der Waals surface area contributed by atoms with Gasteiger partial charge in [-0.2, -0.15) is 0 Å². The van der Waals surface area contributed by atoms with Crippen molar-refractivity contribution in [2.45, 2.75) is 6.61 Å². The van der Waals surface area contributed by atoms with Crippen LogP contribution in [0.4, 0.5) is 10.1 Å². The van der Waals surface area contributed by atoms with Gasteiger partial charge >= 0.3 is 5.97 Å². The van der Waals surface area contributed by atoms with Crippen molar-refractivity contribution in [2.24, 2.45) is 0 Å². The normalized spacial score (nSPS) is 10.3. The molecule has 2 aromatic rings. The van der Waals surface area contributed by atoms with Crippen LogP contribution in [0.5, 0.6) is 5.75 Å². The molecule has 6 heteroatoms. The van der Waals surface area contributed by atoms with Gasteiger partial charge in [-0.25, -0.2) is 9.18 Å². The first-order valence-corrected chi connectivity index (χ1v) is 6.05. The fourth-order valence-corrected chi connectivity index (χ4v) is 1.79. The number of nitrogens with two attached hydrogens (primary N) is 1. The lowest BCUT2D eigenvalue weighted by atomic mass is 10.1. The van der Waals surface area contributed by atoms with Crippen molar-refractivity contribution in [2.75, 3.05) is 5.73 Å². The highest BCUT2D eigenvalue weighted by Gasteiger charge is 2.14. The molecule has 2 aromatic carbocycles. The van der Waals surface area contributed by atoms with Crippen LogP contribution >= 0.6 is 11.6 Å². The van der Waals surface area contributed by atoms with Crippen LogP contribution in [-0.4, -0.2) is 11.1 Å². The maximum atomic E-state index is 13.3. The van der Waals surface area contributed by atoms with Crippen LogP contribution < -0.4 is 10.5 Å². The summed E-state index contributed by atoms with van der Waals surface area (Å²) in [5, 5.41) is 9.07. The molecule has 20 heavy (non-hydrogen) atoms. The highest BCUT2D eigenvalue weighted by atomic mass is 35.5. The third kappa shape index (κ3) is 3.00. The van der Waals surface area contributed by atoms with Crippen LogP contribution in [0.1, 0.15) is 15.9 Å². The molecular weight excluding hydrogens is 285 g/mol. The summed E-state index contributed by atoms with van der Waals surface area (Å²) in [6.07, 6.45) is 0. The van der Waals surface area contributed by atoms with E-state index in [2.05, 4.69) is 0 Å². The molecule has 0 bridgehead atoms. The molecule has 0 unspecified atom stereocenters. The number of hydrogen-bond acceptors (Lipinski definition) is 3. The first-order chi connectivity index (χ1) is 9.49. The summed E-state index contributed by atoms with van der Waals surface area (Å²) in [7, 11) is 0. The Kier molecular flexibility index (Phi) is 4.10. The SMILES string of the molecule is Nc1cccc(C(=O)O)c1OCc1ccc(Cl)c(F)c1. The van der Waals surface area contributed by atoms with Gasteiger partial charge in [-0.05, 0) is 29.8 Å². The van der Waals surface area contributed by atoms with E-state index in [1.807, 2.05) is 0 Å². The fraction of sp³-hybridized carbons (Fsp3) is 0.0714. The number of carboxylic acids is 1. The lowest BCUT2D eigenvalue weighted by Gasteiger charge is -2.11. The number of anilines is 1. The number of carbonyl (C=O) groups is 1. The van der Waals surface area contributed by atoms with E-state index in [4.69, 9.17) is 27.2 Å². The molecule has 0 heterocycles. The van der Waals surface area contributed by atoms with E-state index >= 15 is 0 Å². The summed E-state index contributed by atoms with van der Waals surface area (Å²) >= 11 is 5.58. The van der Waals surface area contributed by atoms with E-state index in [1.165, 1.54) is 30.3 Å². The van der Waals surface area contributed by atoms with Gasteiger partial charge < -0.3 is 15.6 Å². The topological polar surface area (TPSA) is 72.6 Å². The van der Waals surface area contributed by atoms with Crippen LogP contribution in [0.15, 0.2) is 36.4 Å². The molecule has 2 rings (SSSR count). The summed E-state index contributed by atoms with van der Waals surface area (Å²) in [6, 6.07) is 8.66. The molecule has 0 spiro atoms. The first-order valence-electron chi connectivity index (χ1n) is 5.67. The Morgan fingerprint density at radius 2 is 2.10 bits per heavy atom. The molecule has 0 aliphatic carbocycles. The first kappa shape index (κ1) is 14.1. The Morgan fingerprint density at radius 1 is 1.35 bits per heavy atom. The maximum Gasteiger partial charge on any atom is 0.339 e. The van der Waals surface area contributed by atoms with Crippen LogP contribution in [0, 0.1) is 5.82 Å². The number of halogens is 2. The van der Waals surface area contributed by atoms with Crippen LogP contribution in [0.2, 0.25) is 5.02 Å². The van der Waals surface area contributed by atoms with Crippen LogP contribution in [0.25, 0.3) is 0 Å². The minimum atomic E-state index is -1.14. The third-order valence-corrected chi connectivity index (χ3v) is 2.95. The molecule has 0 saturated heterocycles. The van der Waals surface area contributed by atoms with E-state index in [-0.39, 0.29) is 28.6 Å². The average molecular weight is 296 g/mol. The molecule has 0 aliphatic heterocycles. The second kappa shape index (κ2) is 5.79. The number of para-hydroxylation sites is 1. The molecule has 3 N–H and O–H groups in total. The zero-order chi connectivity index (χ0) is 14.7. The Balaban J connectivity index is 2.22. The number of carboxylic acid groups (broad SMARTS) is 1. The monoisotopic (exact) mass is 295 g/mol. The van der Waals surface area contributed by atoms with Gasteiger partial charge in [-0.3, -0.25) is 0 Å². The largest absolute Gasteiger partial charge is 0.486 e. The van der Waals surface area contributed by atoms with Crippen molar-refractivity contribution in [1.29, 1.82) is 0 Å².